The number of nitrogens with one attached hydrogen (secondary N) is 4. The van der Waals surface area contributed by atoms with E-state index in [0.717, 1.165) is 5.56 Å². The number of fused-ring (bicyclic) bond motifs is 5. The standard InChI is InChI=1S/C35H38N8O7/c1-19(2)13-24-30(45)37-20(3)33-42-27(18-49-33)35(48)43-16-23(38-29(44)22-9-11-36-12-10-22)15-28(43)32(47)40-25(14-21-7-5-4-6-8-21)34-41-26(17-50-34)31(46)39-24/h4-12,17-20,23-25,28H,13-16H2,1-3H3,(H,37,45)(H,38,44)(H,39,46)(H,40,47)/t20-,23+,24-,25+,28+/m1/s1. The third-order valence-corrected chi connectivity index (χ3v) is 8.59. The Morgan fingerprint density at radius 1 is 0.900 bits per heavy atom. The lowest BCUT2D eigenvalue weighted by Gasteiger charge is -2.25. The molecule has 0 spiro atoms. The van der Waals surface area contributed by atoms with Crippen molar-refractivity contribution in [3.05, 3.63) is 102 Å². The Morgan fingerprint density at radius 3 is 2.34 bits per heavy atom. The highest BCUT2D eigenvalue weighted by atomic mass is 16.3. The number of carbonyl (C=O) groups excluding carboxylic acids is 5. The minimum absolute atomic E-state index is 0.00574. The van der Waals surface area contributed by atoms with E-state index in [2.05, 4.69) is 36.2 Å². The summed E-state index contributed by atoms with van der Waals surface area (Å²) in [5, 5.41) is 11.5. The summed E-state index contributed by atoms with van der Waals surface area (Å²) in [5.41, 5.74) is 1.08. The molecule has 0 unspecified atom stereocenters. The molecule has 1 saturated heterocycles. The molecule has 0 saturated carbocycles. The summed E-state index contributed by atoms with van der Waals surface area (Å²) >= 11 is 0. The quantitative estimate of drug-likeness (QED) is 0.234. The lowest BCUT2D eigenvalue weighted by atomic mass is 10.0. The number of hydrogen-bond acceptors (Lipinski definition) is 10. The molecule has 0 aliphatic carbocycles. The van der Waals surface area contributed by atoms with Crippen LogP contribution < -0.4 is 21.3 Å². The molecule has 1 aromatic carbocycles. The van der Waals surface area contributed by atoms with Crippen LogP contribution in [0.2, 0.25) is 0 Å². The predicted octanol–water partition coefficient (Wildman–Crippen LogP) is 2.51. The van der Waals surface area contributed by atoms with Crippen LogP contribution in [0.4, 0.5) is 0 Å². The van der Waals surface area contributed by atoms with Gasteiger partial charge in [-0.2, -0.15) is 0 Å². The van der Waals surface area contributed by atoms with Crippen LogP contribution in [0.1, 0.15) is 94.4 Å². The van der Waals surface area contributed by atoms with E-state index in [4.69, 9.17) is 8.83 Å². The highest BCUT2D eigenvalue weighted by Crippen LogP contribution is 2.26. The van der Waals surface area contributed by atoms with Gasteiger partial charge < -0.3 is 35.0 Å². The smallest absolute Gasteiger partial charge is 0.276 e. The molecule has 5 atom stereocenters. The van der Waals surface area contributed by atoms with Crippen LogP contribution in [0.15, 0.2) is 76.2 Å². The monoisotopic (exact) mass is 682 g/mol. The molecule has 5 amide bonds. The van der Waals surface area contributed by atoms with Crippen molar-refractivity contribution in [3.8, 4) is 0 Å². The summed E-state index contributed by atoms with van der Waals surface area (Å²) in [6, 6.07) is 8.30. The van der Waals surface area contributed by atoms with Gasteiger partial charge in [0.05, 0.1) is 0 Å². The molecule has 4 bridgehead atoms. The van der Waals surface area contributed by atoms with E-state index in [9.17, 15) is 24.0 Å². The van der Waals surface area contributed by atoms with Crippen LogP contribution in [0, 0.1) is 5.92 Å². The van der Waals surface area contributed by atoms with E-state index in [1.807, 2.05) is 44.2 Å². The normalized spacial score (nSPS) is 23.0. The zero-order valence-corrected chi connectivity index (χ0v) is 27.8. The van der Waals surface area contributed by atoms with Crippen molar-refractivity contribution in [2.24, 2.45) is 5.92 Å². The Hall–Kier alpha value is -5.86. The van der Waals surface area contributed by atoms with Crippen molar-refractivity contribution in [3.63, 3.8) is 0 Å². The van der Waals surface area contributed by atoms with E-state index in [-0.39, 0.29) is 54.4 Å². The second kappa shape index (κ2) is 14.7. The Labute approximate surface area is 287 Å². The van der Waals surface area contributed by atoms with Gasteiger partial charge >= 0.3 is 0 Å². The lowest BCUT2D eigenvalue weighted by molar-refractivity contribution is -0.126. The first-order chi connectivity index (χ1) is 24.0. The predicted molar refractivity (Wildman–Crippen MR) is 176 cm³/mol. The Morgan fingerprint density at radius 2 is 1.60 bits per heavy atom. The average Bonchev–Trinajstić information content (AvgIpc) is 3.88. The number of aromatic nitrogens is 3. The number of pyridine rings is 1. The van der Waals surface area contributed by atoms with Gasteiger partial charge in [0, 0.05) is 37.0 Å². The van der Waals surface area contributed by atoms with Gasteiger partial charge in [-0.05, 0) is 43.4 Å². The van der Waals surface area contributed by atoms with Gasteiger partial charge in [0.1, 0.15) is 36.7 Å². The van der Waals surface area contributed by atoms with Gasteiger partial charge in [-0.25, -0.2) is 9.97 Å². The molecule has 0 radical (unpaired) electrons. The number of rotatable bonds is 6. The number of carbonyl (C=O) groups is 5. The first kappa shape index (κ1) is 34.0. The Balaban J connectivity index is 1.36. The molecular formula is C35H38N8O7. The van der Waals surface area contributed by atoms with E-state index >= 15 is 0 Å². The van der Waals surface area contributed by atoms with E-state index in [0.29, 0.717) is 12.0 Å². The second-order valence-corrected chi connectivity index (χ2v) is 12.9. The number of amides is 5. The maximum absolute atomic E-state index is 14.1. The van der Waals surface area contributed by atoms with Crippen LogP contribution >= 0.6 is 0 Å². The lowest BCUT2D eigenvalue weighted by Crippen LogP contribution is -2.48. The fourth-order valence-corrected chi connectivity index (χ4v) is 6.10. The summed E-state index contributed by atoms with van der Waals surface area (Å²) in [4.78, 5) is 82.0. The summed E-state index contributed by atoms with van der Waals surface area (Å²) < 4.78 is 11.4. The van der Waals surface area contributed by atoms with Crippen molar-refractivity contribution in [2.75, 3.05) is 6.54 Å². The molecule has 1 fully saturated rings. The third kappa shape index (κ3) is 7.72. The first-order valence-corrected chi connectivity index (χ1v) is 16.4. The van der Waals surface area contributed by atoms with Gasteiger partial charge in [-0.3, -0.25) is 29.0 Å². The number of benzene rings is 1. The molecule has 15 heteroatoms. The highest BCUT2D eigenvalue weighted by Gasteiger charge is 2.42. The zero-order chi connectivity index (χ0) is 35.4. The molecule has 2 aliphatic rings. The molecule has 6 rings (SSSR count). The van der Waals surface area contributed by atoms with E-state index < -0.39 is 53.8 Å². The fraction of sp³-hybridized carbons (Fsp3) is 0.371. The molecule has 2 aliphatic heterocycles. The van der Waals surface area contributed by atoms with Gasteiger partial charge in [0.15, 0.2) is 11.4 Å². The van der Waals surface area contributed by atoms with Crippen LogP contribution in [0.3, 0.4) is 0 Å². The molecule has 3 aromatic heterocycles. The first-order valence-electron chi connectivity index (χ1n) is 16.4. The summed E-state index contributed by atoms with van der Waals surface area (Å²) in [6.45, 7) is 5.49. The van der Waals surface area contributed by atoms with Crippen LogP contribution in [-0.4, -0.2) is 74.1 Å². The molecule has 260 valence electrons. The molecule has 15 nitrogen and oxygen atoms in total. The molecular weight excluding hydrogens is 644 g/mol. The van der Waals surface area contributed by atoms with Gasteiger partial charge in [-0.1, -0.05) is 44.2 Å². The van der Waals surface area contributed by atoms with E-state index in [1.165, 1.54) is 29.8 Å². The van der Waals surface area contributed by atoms with Gasteiger partial charge in [-0.15, -0.1) is 0 Å². The van der Waals surface area contributed by atoms with Crippen molar-refractivity contribution in [1.82, 2.24) is 41.1 Å². The third-order valence-electron chi connectivity index (χ3n) is 8.59. The topological polar surface area (TPSA) is 202 Å². The Kier molecular flexibility index (Phi) is 10.0. The molecule has 4 aromatic rings. The number of nitrogens with zero attached hydrogens (tertiary/aromatic N) is 4. The van der Waals surface area contributed by atoms with Crippen LogP contribution in [0.5, 0.6) is 0 Å². The summed E-state index contributed by atoms with van der Waals surface area (Å²) in [6.07, 6.45) is 6.02. The number of oxazole rings is 2. The average molecular weight is 683 g/mol. The maximum Gasteiger partial charge on any atom is 0.276 e. The van der Waals surface area contributed by atoms with Crippen molar-refractivity contribution in [1.29, 1.82) is 0 Å². The van der Waals surface area contributed by atoms with Crippen molar-refractivity contribution < 1.29 is 32.8 Å². The fourth-order valence-electron chi connectivity index (χ4n) is 6.10. The molecule has 50 heavy (non-hydrogen) atoms. The van der Waals surface area contributed by atoms with Gasteiger partial charge in [0.2, 0.25) is 23.6 Å². The highest BCUT2D eigenvalue weighted by molar-refractivity contribution is 5.98. The minimum atomic E-state index is -1.03. The number of hydrogen-bond donors (Lipinski definition) is 4. The SMILES string of the molecule is CC(C)C[C@H]1NC(=O)c2coc(n2)[C@H](Cc2ccccc2)NC(=O)[C@@H]2C[C@H](NC(=O)c3ccncc3)CN2C(=O)c2coc(n2)[C@@H](C)NC1=O. The van der Waals surface area contributed by atoms with Crippen LogP contribution in [0.25, 0.3) is 0 Å². The second-order valence-electron chi connectivity index (χ2n) is 12.9. The minimum Gasteiger partial charge on any atom is -0.446 e. The zero-order valence-electron chi connectivity index (χ0n) is 27.8. The van der Waals surface area contributed by atoms with Crippen molar-refractivity contribution >= 4 is 29.5 Å². The Bertz CT molecular complexity index is 1860. The van der Waals surface area contributed by atoms with Crippen molar-refractivity contribution in [2.45, 2.75) is 70.2 Å². The summed E-state index contributed by atoms with van der Waals surface area (Å²) in [5.74, 6) is -2.43. The molecule has 5 heterocycles. The maximum atomic E-state index is 14.1. The molecule has 4 N–H and O–H groups in total. The summed E-state index contributed by atoms with van der Waals surface area (Å²) in [7, 11) is 0. The van der Waals surface area contributed by atoms with Crippen LogP contribution in [-0.2, 0) is 16.0 Å². The largest absolute Gasteiger partial charge is 0.446 e. The van der Waals surface area contributed by atoms with E-state index in [1.54, 1.807) is 19.1 Å². The van der Waals surface area contributed by atoms with Gasteiger partial charge in [0.25, 0.3) is 17.7 Å².